The van der Waals surface area contributed by atoms with Crippen LogP contribution >= 0.6 is 0 Å². The number of aromatic nitrogens is 2. The maximum Gasteiger partial charge on any atom is 0.251 e. The number of nitrogens with zero attached hydrogens (tertiary/aromatic N) is 5. The van der Waals surface area contributed by atoms with Gasteiger partial charge in [-0.1, -0.05) is 0 Å². The second-order valence-corrected chi connectivity index (χ2v) is 6.56. The number of carbonyl (C=O) groups is 2. The maximum absolute atomic E-state index is 12.9. The zero-order chi connectivity index (χ0) is 18.8. The average molecular weight is 367 g/mol. The number of rotatable bonds is 4. The summed E-state index contributed by atoms with van der Waals surface area (Å²) < 4.78 is 5.14. The third-order valence-corrected chi connectivity index (χ3v) is 5.04. The predicted molar refractivity (Wildman–Crippen MR) is 99.7 cm³/mol. The van der Waals surface area contributed by atoms with E-state index in [2.05, 4.69) is 19.8 Å². The lowest BCUT2D eigenvalue weighted by Crippen LogP contribution is -2.53. The molecule has 2 aliphatic rings. The van der Waals surface area contributed by atoms with Gasteiger partial charge in [0.15, 0.2) is 0 Å². The highest BCUT2D eigenvalue weighted by Crippen LogP contribution is 2.28. The van der Waals surface area contributed by atoms with E-state index in [-0.39, 0.29) is 18.2 Å². The molecule has 2 aliphatic heterocycles. The molecule has 1 aromatic heterocycles. The molecule has 0 radical (unpaired) electrons. The third-order valence-electron chi connectivity index (χ3n) is 5.04. The van der Waals surface area contributed by atoms with Crippen LogP contribution in [-0.4, -0.2) is 66.0 Å². The number of methoxy groups -OCH3 is 1. The molecule has 0 bridgehead atoms. The zero-order valence-electron chi connectivity index (χ0n) is 15.1. The fourth-order valence-electron chi connectivity index (χ4n) is 3.59. The van der Waals surface area contributed by atoms with E-state index in [1.165, 1.54) is 4.90 Å². The molecule has 0 unspecified atom stereocenters. The first-order valence-electron chi connectivity index (χ1n) is 8.94. The summed E-state index contributed by atoms with van der Waals surface area (Å²) in [4.78, 5) is 39.4. The minimum Gasteiger partial charge on any atom is -0.497 e. The molecule has 0 aliphatic carbocycles. The van der Waals surface area contributed by atoms with Crippen LogP contribution in [0.15, 0.2) is 42.7 Å². The quantitative estimate of drug-likeness (QED) is 0.744. The molecule has 8 nitrogen and oxygen atoms in total. The fourth-order valence-corrected chi connectivity index (χ4v) is 3.59. The van der Waals surface area contributed by atoms with Gasteiger partial charge in [0.25, 0.3) is 5.91 Å². The first-order chi connectivity index (χ1) is 13.2. The number of anilines is 2. The van der Waals surface area contributed by atoms with E-state index >= 15 is 0 Å². The SMILES string of the molecule is COc1ccc(N2C(=O)C[C@@H](N3CCN(c4ncccn4)CC3)C2=O)cc1. The van der Waals surface area contributed by atoms with Gasteiger partial charge in [0.2, 0.25) is 11.9 Å². The predicted octanol–water partition coefficient (Wildman–Crippen LogP) is 0.939. The summed E-state index contributed by atoms with van der Waals surface area (Å²) in [5, 5.41) is 0. The van der Waals surface area contributed by atoms with E-state index in [1.807, 2.05) is 0 Å². The number of hydrogen-bond acceptors (Lipinski definition) is 7. The summed E-state index contributed by atoms with van der Waals surface area (Å²) in [5.74, 6) is 1.07. The van der Waals surface area contributed by atoms with Crippen molar-refractivity contribution in [1.29, 1.82) is 0 Å². The van der Waals surface area contributed by atoms with Gasteiger partial charge in [-0.3, -0.25) is 14.5 Å². The smallest absolute Gasteiger partial charge is 0.251 e. The van der Waals surface area contributed by atoms with E-state index in [9.17, 15) is 9.59 Å². The van der Waals surface area contributed by atoms with Crippen molar-refractivity contribution in [2.24, 2.45) is 0 Å². The molecule has 27 heavy (non-hydrogen) atoms. The normalized spacial score (nSPS) is 21.0. The second kappa shape index (κ2) is 7.32. The van der Waals surface area contributed by atoms with Crippen LogP contribution in [0.2, 0.25) is 0 Å². The lowest BCUT2D eigenvalue weighted by molar-refractivity contribution is -0.123. The number of benzene rings is 1. The molecule has 1 aromatic carbocycles. The van der Waals surface area contributed by atoms with Crippen molar-refractivity contribution in [2.75, 3.05) is 43.1 Å². The van der Waals surface area contributed by atoms with Crippen LogP contribution in [0, 0.1) is 0 Å². The molecule has 2 aromatic rings. The van der Waals surface area contributed by atoms with Gasteiger partial charge in [-0.2, -0.15) is 0 Å². The molecular weight excluding hydrogens is 346 g/mol. The Kier molecular flexibility index (Phi) is 4.72. The number of imide groups is 1. The first-order valence-corrected chi connectivity index (χ1v) is 8.94. The molecule has 2 saturated heterocycles. The van der Waals surface area contributed by atoms with E-state index in [4.69, 9.17) is 4.74 Å². The number of hydrogen-bond donors (Lipinski definition) is 0. The van der Waals surface area contributed by atoms with Crippen molar-refractivity contribution < 1.29 is 14.3 Å². The number of ether oxygens (including phenoxy) is 1. The van der Waals surface area contributed by atoms with Crippen LogP contribution in [-0.2, 0) is 9.59 Å². The van der Waals surface area contributed by atoms with Crippen LogP contribution in [0.3, 0.4) is 0 Å². The van der Waals surface area contributed by atoms with Crippen molar-refractivity contribution in [3.8, 4) is 5.75 Å². The molecular formula is C19H21N5O3. The van der Waals surface area contributed by atoms with Gasteiger partial charge in [0.05, 0.1) is 25.3 Å². The zero-order valence-corrected chi connectivity index (χ0v) is 15.1. The van der Waals surface area contributed by atoms with Crippen LogP contribution in [0.25, 0.3) is 0 Å². The fraction of sp³-hybridized carbons (Fsp3) is 0.368. The average Bonchev–Trinajstić information content (AvgIpc) is 3.03. The minimum absolute atomic E-state index is 0.158. The van der Waals surface area contributed by atoms with Crippen molar-refractivity contribution >= 4 is 23.5 Å². The van der Waals surface area contributed by atoms with Crippen LogP contribution in [0.1, 0.15) is 6.42 Å². The van der Waals surface area contributed by atoms with Gasteiger partial charge in [-0.05, 0) is 30.3 Å². The first kappa shape index (κ1) is 17.4. The molecule has 0 saturated carbocycles. The molecule has 0 N–H and O–H groups in total. The van der Waals surface area contributed by atoms with Gasteiger partial charge in [0, 0.05) is 38.6 Å². The largest absolute Gasteiger partial charge is 0.497 e. The molecule has 8 heteroatoms. The molecule has 2 amide bonds. The van der Waals surface area contributed by atoms with Crippen LogP contribution in [0.5, 0.6) is 5.75 Å². The van der Waals surface area contributed by atoms with E-state index in [0.717, 1.165) is 13.1 Å². The summed E-state index contributed by atoms with van der Waals surface area (Å²) in [6.07, 6.45) is 3.66. The summed E-state index contributed by atoms with van der Waals surface area (Å²) >= 11 is 0. The molecule has 1 atom stereocenters. The summed E-state index contributed by atoms with van der Waals surface area (Å²) in [6, 6.07) is 8.36. The molecule has 4 rings (SSSR count). The molecule has 0 spiro atoms. The maximum atomic E-state index is 12.9. The Morgan fingerprint density at radius 2 is 1.67 bits per heavy atom. The van der Waals surface area contributed by atoms with E-state index in [0.29, 0.717) is 30.5 Å². The Balaban J connectivity index is 1.43. The van der Waals surface area contributed by atoms with Crippen LogP contribution < -0.4 is 14.5 Å². The summed E-state index contributed by atoms with van der Waals surface area (Å²) in [6.45, 7) is 2.84. The monoisotopic (exact) mass is 367 g/mol. The highest BCUT2D eigenvalue weighted by molar-refractivity contribution is 6.22. The van der Waals surface area contributed by atoms with E-state index in [1.54, 1.807) is 49.8 Å². The van der Waals surface area contributed by atoms with E-state index < -0.39 is 6.04 Å². The highest BCUT2D eigenvalue weighted by Gasteiger charge is 2.43. The topological polar surface area (TPSA) is 78.9 Å². The Morgan fingerprint density at radius 3 is 2.30 bits per heavy atom. The van der Waals surface area contributed by atoms with Crippen molar-refractivity contribution in [2.45, 2.75) is 12.5 Å². The molecule has 2 fully saturated rings. The Morgan fingerprint density at radius 1 is 1.00 bits per heavy atom. The highest BCUT2D eigenvalue weighted by atomic mass is 16.5. The lowest BCUT2D eigenvalue weighted by atomic mass is 10.2. The number of carbonyl (C=O) groups excluding carboxylic acids is 2. The Hall–Kier alpha value is -3.00. The second-order valence-electron chi connectivity index (χ2n) is 6.56. The summed E-state index contributed by atoms with van der Waals surface area (Å²) in [5.41, 5.74) is 0.588. The van der Waals surface area contributed by atoms with Crippen LogP contribution in [0.4, 0.5) is 11.6 Å². The van der Waals surface area contributed by atoms with Crippen molar-refractivity contribution in [3.63, 3.8) is 0 Å². The van der Waals surface area contributed by atoms with Gasteiger partial charge in [-0.25, -0.2) is 14.9 Å². The molecule has 3 heterocycles. The number of piperazine rings is 1. The third kappa shape index (κ3) is 3.35. The number of amides is 2. The van der Waals surface area contributed by atoms with Crippen molar-refractivity contribution in [3.05, 3.63) is 42.7 Å². The minimum atomic E-state index is -0.404. The van der Waals surface area contributed by atoms with Gasteiger partial charge in [-0.15, -0.1) is 0 Å². The molecule has 140 valence electrons. The lowest BCUT2D eigenvalue weighted by Gasteiger charge is -2.36. The summed E-state index contributed by atoms with van der Waals surface area (Å²) in [7, 11) is 1.58. The van der Waals surface area contributed by atoms with Gasteiger partial charge >= 0.3 is 0 Å². The van der Waals surface area contributed by atoms with Gasteiger partial charge in [0.1, 0.15) is 5.75 Å². The standard InChI is InChI=1S/C19H21N5O3/c1-27-15-5-3-14(4-6-15)24-17(25)13-16(18(24)26)22-9-11-23(12-10-22)19-20-7-2-8-21-19/h2-8,16H,9-13H2,1H3/t16-/m1/s1. The Bertz CT molecular complexity index is 819. The Labute approximate surface area is 157 Å². The van der Waals surface area contributed by atoms with Crippen molar-refractivity contribution in [1.82, 2.24) is 14.9 Å². The van der Waals surface area contributed by atoms with Gasteiger partial charge < -0.3 is 9.64 Å².